The van der Waals surface area contributed by atoms with Crippen LogP contribution in [-0.4, -0.2) is 74.4 Å². The van der Waals surface area contributed by atoms with E-state index < -0.39 is 21.5 Å². The molecule has 268 valence electrons. The van der Waals surface area contributed by atoms with Crippen LogP contribution in [0.3, 0.4) is 0 Å². The molecule has 11 nitrogen and oxygen atoms in total. The van der Waals surface area contributed by atoms with E-state index in [0.717, 1.165) is 69.0 Å². The van der Waals surface area contributed by atoms with Crippen molar-refractivity contribution in [2.75, 3.05) is 34.3 Å². The van der Waals surface area contributed by atoms with Gasteiger partial charge in [-0.15, -0.1) is 0 Å². The van der Waals surface area contributed by atoms with Crippen LogP contribution in [-0.2, 0) is 37.9 Å². The number of fused-ring (bicyclic) bond motifs is 7. The molecule has 2 amide bonds. The summed E-state index contributed by atoms with van der Waals surface area (Å²) < 4.78 is 36.3. The van der Waals surface area contributed by atoms with Crippen LogP contribution in [0.25, 0.3) is 22.2 Å². The van der Waals surface area contributed by atoms with Gasteiger partial charge in [0.1, 0.15) is 18.5 Å². The van der Waals surface area contributed by atoms with Crippen molar-refractivity contribution in [2.45, 2.75) is 69.6 Å². The Hall–Kier alpha value is -4.23. The maximum atomic E-state index is 14.6. The minimum Gasteiger partial charge on any atom is -0.497 e. The van der Waals surface area contributed by atoms with Crippen LogP contribution in [0, 0.1) is 5.41 Å². The van der Waals surface area contributed by atoms with Gasteiger partial charge >= 0.3 is 10.2 Å². The average molecular weight is 713 g/mol. The summed E-state index contributed by atoms with van der Waals surface area (Å²) in [6.45, 7) is 1.68. The molecule has 3 aromatic carbocycles. The Kier molecular flexibility index (Phi) is 8.69. The molecule has 51 heavy (non-hydrogen) atoms. The van der Waals surface area contributed by atoms with Crippen molar-refractivity contribution in [1.82, 2.24) is 18.5 Å². The first-order valence-corrected chi connectivity index (χ1v) is 19.2. The quantitative estimate of drug-likeness (QED) is 0.164. The minimum absolute atomic E-state index is 0.00438. The maximum absolute atomic E-state index is 14.6. The monoisotopic (exact) mass is 712 g/mol. The van der Waals surface area contributed by atoms with Crippen molar-refractivity contribution in [3.05, 3.63) is 89.0 Å². The van der Waals surface area contributed by atoms with E-state index in [2.05, 4.69) is 21.4 Å². The fourth-order valence-electron chi connectivity index (χ4n) is 8.44. The molecule has 0 spiro atoms. The van der Waals surface area contributed by atoms with Crippen LogP contribution in [0.4, 0.5) is 0 Å². The Balaban J connectivity index is 1.17. The van der Waals surface area contributed by atoms with E-state index in [1.165, 1.54) is 26.1 Å². The summed E-state index contributed by atoms with van der Waals surface area (Å²) in [7, 11) is 0.428. The predicted octanol–water partition coefficient (Wildman–Crippen LogP) is 5.75. The van der Waals surface area contributed by atoms with Crippen molar-refractivity contribution >= 4 is 32.9 Å². The molecule has 1 aromatic heterocycles. The number of aromatic nitrogens is 1. The molecular formula is C39H44N4O7S. The van der Waals surface area contributed by atoms with Gasteiger partial charge < -0.3 is 14.2 Å². The first-order valence-electron chi connectivity index (χ1n) is 17.8. The van der Waals surface area contributed by atoms with Gasteiger partial charge in [-0.3, -0.25) is 9.59 Å². The Morgan fingerprint density at radius 1 is 0.980 bits per heavy atom. The standard InChI is InChI=1S/C39H44N4O7S/c1-41(2)51(46,47)40-37(44)27-14-16-31-34(18-27)43-24-39(38(45)42-21-29(22-42)50-49-23-25-10-6-4-7-11-25)20-33(39)32-19-28(48-3)15-17-30(32)36(43)35(31)26-12-8-5-9-13-26/h4,6-7,10-11,14-19,26,29,33H,5,8-9,12-13,20-24H2,1-3H3,(H,40,44). The first kappa shape index (κ1) is 33.9. The summed E-state index contributed by atoms with van der Waals surface area (Å²) in [6, 6.07) is 21.5. The third-order valence-electron chi connectivity index (χ3n) is 11.3. The number of nitrogens with zero attached hydrogens (tertiary/aromatic N) is 3. The van der Waals surface area contributed by atoms with E-state index in [4.69, 9.17) is 14.5 Å². The normalized spacial score (nSPS) is 21.7. The molecule has 8 rings (SSSR count). The van der Waals surface area contributed by atoms with E-state index >= 15 is 0 Å². The Labute approximate surface area is 298 Å². The molecule has 2 aliphatic carbocycles. The summed E-state index contributed by atoms with van der Waals surface area (Å²) in [5, 5.41) is 1.04. The highest BCUT2D eigenvalue weighted by molar-refractivity contribution is 7.87. The van der Waals surface area contributed by atoms with Gasteiger partial charge in [0.25, 0.3) is 5.91 Å². The van der Waals surface area contributed by atoms with Gasteiger partial charge in [-0.05, 0) is 72.2 Å². The lowest BCUT2D eigenvalue weighted by molar-refractivity contribution is -0.349. The van der Waals surface area contributed by atoms with Gasteiger partial charge in [-0.1, -0.05) is 55.7 Å². The van der Waals surface area contributed by atoms with Crippen molar-refractivity contribution in [1.29, 1.82) is 0 Å². The number of hydrogen-bond acceptors (Lipinski definition) is 7. The number of carbonyl (C=O) groups excluding carboxylic acids is 2. The lowest BCUT2D eigenvalue weighted by Gasteiger charge is -2.40. The fraction of sp³-hybridized carbons (Fsp3) is 0.436. The first-order chi connectivity index (χ1) is 24.6. The van der Waals surface area contributed by atoms with Gasteiger partial charge in [-0.2, -0.15) is 12.7 Å². The molecule has 0 radical (unpaired) electrons. The van der Waals surface area contributed by atoms with Gasteiger partial charge in [-0.25, -0.2) is 14.5 Å². The smallest absolute Gasteiger partial charge is 0.303 e. The van der Waals surface area contributed by atoms with Crippen LogP contribution in [0.5, 0.6) is 5.75 Å². The van der Waals surface area contributed by atoms with Crippen molar-refractivity contribution in [2.24, 2.45) is 5.41 Å². The third kappa shape index (κ3) is 6.01. The largest absolute Gasteiger partial charge is 0.497 e. The Morgan fingerprint density at radius 3 is 2.47 bits per heavy atom. The van der Waals surface area contributed by atoms with Crippen LogP contribution in [0.15, 0.2) is 66.7 Å². The number of methoxy groups -OCH3 is 1. The number of likely N-dealkylation sites (tertiary alicyclic amines) is 1. The highest BCUT2D eigenvalue weighted by Crippen LogP contribution is 2.66. The summed E-state index contributed by atoms with van der Waals surface area (Å²) in [5.41, 5.74) is 5.94. The average Bonchev–Trinajstić information content (AvgIpc) is 3.79. The Bertz CT molecular complexity index is 2100. The molecule has 2 aliphatic heterocycles. The van der Waals surface area contributed by atoms with Gasteiger partial charge in [0, 0.05) is 48.6 Å². The molecule has 2 saturated carbocycles. The topological polar surface area (TPSA) is 119 Å². The van der Waals surface area contributed by atoms with Gasteiger partial charge in [0.05, 0.1) is 31.3 Å². The second kappa shape index (κ2) is 13.1. The van der Waals surface area contributed by atoms with Crippen LogP contribution in [0.1, 0.15) is 77.4 Å². The fourth-order valence-corrected chi connectivity index (χ4v) is 8.98. The van der Waals surface area contributed by atoms with Crippen molar-refractivity contribution < 1.29 is 32.5 Å². The summed E-state index contributed by atoms with van der Waals surface area (Å²) in [6.07, 6.45) is 6.12. The summed E-state index contributed by atoms with van der Waals surface area (Å²) in [5.74, 6) is 0.459. The number of ether oxygens (including phenoxy) is 1. The van der Waals surface area contributed by atoms with Crippen LogP contribution < -0.4 is 9.46 Å². The molecule has 0 bridgehead atoms. The zero-order chi connectivity index (χ0) is 35.5. The van der Waals surface area contributed by atoms with Gasteiger partial charge in [0.2, 0.25) is 5.91 Å². The highest BCUT2D eigenvalue weighted by atomic mass is 32.2. The van der Waals surface area contributed by atoms with Crippen molar-refractivity contribution in [3.8, 4) is 17.0 Å². The highest BCUT2D eigenvalue weighted by Gasteiger charge is 2.64. The molecule has 3 heterocycles. The lowest BCUT2D eigenvalue weighted by Crippen LogP contribution is -2.57. The number of rotatable bonds is 10. The summed E-state index contributed by atoms with van der Waals surface area (Å²) >= 11 is 0. The predicted molar refractivity (Wildman–Crippen MR) is 192 cm³/mol. The zero-order valence-corrected chi connectivity index (χ0v) is 30.1. The molecule has 4 aliphatic rings. The molecule has 3 fully saturated rings. The number of benzene rings is 3. The van der Waals surface area contributed by atoms with E-state index in [0.29, 0.717) is 38.6 Å². The second-order valence-electron chi connectivity index (χ2n) is 14.7. The van der Waals surface area contributed by atoms with Crippen molar-refractivity contribution in [3.63, 3.8) is 0 Å². The molecule has 12 heteroatoms. The Morgan fingerprint density at radius 2 is 1.75 bits per heavy atom. The van der Waals surface area contributed by atoms with E-state index in [9.17, 15) is 18.0 Å². The lowest BCUT2D eigenvalue weighted by atomic mass is 9.81. The molecule has 4 aromatic rings. The molecule has 2 atom stereocenters. The summed E-state index contributed by atoms with van der Waals surface area (Å²) in [4.78, 5) is 41.0. The van der Waals surface area contributed by atoms with Crippen LogP contribution >= 0.6 is 0 Å². The number of amides is 2. The number of carbonyl (C=O) groups is 2. The molecule has 2 unspecified atom stereocenters. The molecule has 1 N–H and O–H groups in total. The number of hydrogen-bond donors (Lipinski definition) is 1. The van der Waals surface area contributed by atoms with Gasteiger partial charge in [0.15, 0.2) is 0 Å². The second-order valence-corrected chi connectivity index (χ2v) is 16.6. The minimum atomic E-state index is -3.99. The van der Waals surface area contributed by atoms with E-state index in [1.54, 1.807) is 19.2 Å². The third-order valence-corrected chi connectivity index (χ3v) is 12.7. The molecule has 1 saturated heterocycles. The van der Waals surface area contributed by atoms with E-state index in [-0.39, 0.29) is 23.5 Å². The number of nitrogens with one attached hydrogen (secondary N) is 1. The SMILES string of the molecule is COc1ccc2c(c1)C1CC1(C(=O)N1CC(OOCc3ccccc3)C1)Cn1c-2c(C2CCCCC2)c2ccc(C(=O)NS(=O)(=O)N(C)C)cc21. The molecular weight excluding hydrogens is 669 g/mol. The zero-order valence-electron chi connectivity index (χ0n) is 29.3. The maximum Gasteiger partial charge on any atom is 0.303 e. The van der Waals surface area contributed by atoms with E-state index in [1.807, 2.05) is 47.4 Å². The van der Waals surface area contributed by atoms with Crippen LogP contribution in [0.2, 0.25) is 0 Å².